The zero-order valence-electron chi connectivity index (χ0n) is 5.65. The monoisotopic (exact) mass is 174 g/mol. The van der Waals surface area contributed by atoms with Crippen LogP contribution < -0.4 is 0 Å². The topological polar surface area (TPSA) is 20.2 Å². The highest BCUT2D eigenvalue weighted by molar-refractivity contribution is 7.80. The minimum Gasteiger partial charge on any atom is -0.400 e. The Balaban J connectivity index is 0.000000371. The normalized spacial score (nSPS) is 8.00. The van der Waals surface area contributed by atoms with Crippen LogP contribution in [0, 0.1) is 0 Å². The lowest BCUT2D eigenvalue weighted by atomic mass is 10.4. The van der Waals surface area contributed by atoms with Crippen molar-refractivity contribution in [2.45, 2.75) is 9.79 Å². The van der Waals surface area contributed by atoms with Gasteiger partial charge in [-0.2, -0.15) is 0 Å². The van der Waals surface area contributed by atoms with E-state index in [1.54, 1.807) is 0 Å². The van der Waals surface area contributed by atoms with Crippen LogP contribution in [0.5, 0.6) is 0 Å². The molecule has 0 amide bonds. The second kappa shape index (κ2) is 5.65. The minimum absolute atomic E-state index is 0.975. The highest BCUT2D eigenvalue weighted by Gasteiger charge is 1.81. The molecule has 0 aliphatic rings. The molecule has 0 bridgehead atoms. The van der Waals surface area contributed by atoms with Gasteiger partial charge in [-0.25, -0.2) is 0 Å². The van der Waals surface area contributed by atoms with E-state index in [1.165, 1.54) is 0 Å². The molecule has 1 rings (SSSR count). The van der Waals surface area contributed by atoms with Gasteiger partial charge < -0.3 is 5.11 Å². The Kier molecular flexibility index (Phi) is 5.58. The Bertz CT molecular complexity index is 150. The molecule has 0 unspecified atom stereocenters. The van der Waals surface area contributed by atoms with Gasteiger partial charge in [0.05, 0.1) is 0 Å². The number of thiol groups is 2. The maximum Gasteiger partial charge on any atom is 0.0319 e. The van der Waals surface area contributed by atoms with Crippen molar-refractivity contribution in [2.24, 2.45) is 0 Å². The molecule has 0 spiro atoms. The molecule has 1 N–H and O–H groups in total. The van der Waals surface area contributed by atoms with Crippen molar-refractivity contribution in [3.63, 3.8) is 0 Å². The lowest BCUT2D eigenvalue weighted by molar-refractivity contribution is 0.399. The van der Waals surface area contributed by atoms with Crippen LogP contribution in [0.2, 0.25) is 0 Å². The molecule has 0 saturated carbocycles. The second-order valence-electron chi connectivity index (χ2n) is 1.52. The van der Waals surface area contributed by atoms with Gasteiger partial charge in [0.1, 0.15) is 0 Å². The van der Waals surface area contributed by atoms with Gasteiger partial charge in [-0.1, -0.05) is 0 Å². The van der Waals surface area contributed by atoms with Crippen LogP contribution >= 0.6 is 25.3 Å². The number of rotatable bonds is 0. The average Bonchev–Trinajstić information content (AvgIpc) is 2.00. The summed E-state index contributed by atoms with van der Waals surface area (Å²) in [6.45, 7) is 0. The Labute approximate surface area is 71.9 Å². The van der Waals surface area contributed by atoms with Crippen LogP contribution in [-0.2, 0) is 0 Å². The summed E-state index contributed by atoms with van der Waals surface area (Å²) in [5.41, 5.74) is 0. The van der Waals surface area contributed by atoms with E-state index in [4.69, 9.17) is 5.11 Å². The molecule has 0 fully saturated rings. The van der Waals surface area contributed by atoms with Crippen molar-refractivity contribution >= 4 is 25.3 Å². The maximum absolute atomic E-state index is 7.00. The summed E-state index contributed by atoms with van der Waals surface area (Å²) in [6, 6.07) is 7.63. The summed E-state index contributed by atoms with van der Waals surface area (Å²) < 4.78 is 0. The Morgan fingerprint density at radius 2 is 1.10 bits per heavy atom. The van der Waals surface area contributed by atoms with Crippen molar-refractivity contribution in [3.05, 3.63) is 24.3 Å². The Morgan fingerprint density at radius 1 is 0.900 bits per heavy atom. The summed E-state index contributed by atoms with van der Waals surface area (Å²) in [4.78, 5) is 1.95. The molecule has 0 heterocycles. The zero-order valence-corrected chi connectivity index (χ0v) is 7.44. The van der Waals surface area contributed by atoms with Gasteiger partial charge in [0, 0.05) is 16.9 Å². The van der Waals surface area contributed by atoms with Gasteiger partial charge in [-0.15, -0.1) is 25.3 Å². The maximum atomic E-state index is 7.00. The van der Waals surface area contributed by atoms with Crippen LogP contribution in [-0.4, -0.2) is 12.2 Å². The fraction of sp³-hybridized carbons (Fsp3) is 0.143. The molecule has 1 aromatic carbocycles. The molecule has 3 heteroatoms. The molecule has 10 heavy (non-hydrogen) atoms. The van der Waals surface area contributed by atoms with E-state index in [0.29, 0.717) is 0 Å². The predicted octanol–water partition coefficient (Wildman–Crippen LogP) is 1.87. The number of aliphatic hydroxyl groups is 1. The van der Waals surface area contributed by atoms with E-state index in [9.17, 15) is 0 Å². The van der Waals surface area contributed by atoms with Gasteiger partial charge in [-0.05, 0) is 24.3 Å². The zero-order chi connectivity index (χ0) is 7.98. The Hall–Kier alpha value is -0.120. The molecular weight excluding hydrogens is 164 g/mol. The van der Waals surface area contributed by atoms with Crippen molar-refractivity contribution in [3.8, 4) is 0 Å². The standard InChI is InChI=1S/C6H6S2.CH4O/c7-5-1-2-6(8)4-3-5;1-2/h1-4,7-8H;2H,1H3. The Morgan fingerprint density at radius 3 is 1.30 bits per heavy atom. The van der Waals surface area contributed by atoms with E-state index in [2.05, 4.69) is 25.3 Å². The van der Waals surface area contributed by atoms with Crippen molar-refractivity contribution in [2.75, 3.05) is 7.11 Å². The molecule has 0 atom stereocenters. The summed E-state index contributed by atoms with van der Waals surface area (Å²) in [5, 5.41) is 7.00. The third-order valence-electron chi connectivity index (χ3n) is 0.850. The van der Waals surface area contributed by atoms with Gasteiger partial charge in [-0.3, -0.25) is 0 Å². The van der Waals surface area contributed by atoms with E-state index in [0.717, 1.165) is 16.9 Å². The molecule has 1 aromatic rings. The smallest absolute Gasteiger partial charge is 0.0319 e. The van der Waals surface area contributed by atoms with Gasteiger partial charge in [0.15, 0.2) is 0 Å². The molecule has 0 aliphatic carbocycles. The predicted molar refractivity (Wildman–Crippen MR) is 49.1 cm³/mol. The van der Waals surface area contributed by atoms with Gasteiger partial charge in [0.25, 0.3) is 0 Å². The van der Waals surface area contributed by atoms with E-state index >= 15 is 0 Å². The number of aliphatic hydroxyl groups excluding tert-OH is 1. The summed E-state index contributed by atoms with van der Waals surface area (Å²) in [6.07, 6.45) is 0. The van der Waals surface area contributed by atoms with Crippen LogP contribution in [0.1, 0.15) is 0 Å². The highest BCUT2D eigenvalue weighted by Crippen LogP contribution is 2.09. The van der Waals surface area contributed by atoms with Crippen LogP contribution in [0.4, 0.5) is 0 Å². The first kappa shape index (κ1) is 9.88. The minimum atomic E-state index is 0.975. The fourth-order valence-corrected chi connectivity index (χ4v) is 0.751. The van der Waals surface area contributed by atoms with Gasteiger partial charge in [0.2, 0.25) is 0 Å². The third kappa shape index (κ3) is 3.82. The van der Waals surface area contributed by atoms with Crippen molar-refractivity contribution in [1.82, 2.24) is 0 Å². The SMILES string of the molecule is CO.Sc1ccc(S)cc1. The van der Waals surface area contributed by atoms with Crippen molar-refractivity contribution < 1.29 is 5.11 Å². The third-order valence-corrected chi connectivity index (χ3v) is 1.45. The first-order chi connectivity index (χ1) is 4.79. The quantitative estimate of drug-likeness (QED) is 0.513. The lowest BCUT2D eigenvalue weighted by Crippen LogP contribution is -1.63. The number of hydrogen-bond donors (Lipinski definition) is 3. The molecule has 0 radical (unpaired) electrons. The fourth-order valence-electron chi connectivity index (χ4n) is 0.453. The summed E-state index contributed by atoms with van der Waals surface area (Å²) >= 11 is 8.20. The van der Waals surface area contributed by atoms with Crippen LogP contribution in [0.25, 0.3) is 0 Å². The first-order valence-electron chi connectivity index (χ1n) is 2.72. The average molecular weight is 174 g/mol. The number of hydrogen-bond acceptors (Lipinski definition) is 3. The van der Waals surface area contributed by atoms with Crippen LogP contribution in [0.15, 0.2) is 34.1 Å². The molecule has 0 aliphatic heterocycles. The summed E-state index contributed by atoms with van der Waals surface area (Å²) in [7, 11) is 1.00. The largest absolute Gasteiger partial charge is 0.400 e. The summed E-state index contributed by atoms with van der Waals surface area (Å²) in [5.74, 6) is 0. The van der Waals surface area contributed by atoms with Crippen LogP contribution in [0.3, 0.4) is 0 Å². The van der Waals surface area contributed by atoms with Gasteiger partial charge >= 0.3 is 0 Å². The molecule has 56 valence electrons. The van der Waals surface area contributed by atoms with Crippen molar-refractivity contribution in [1.29, 1.82) is 0 Å². The van der Waals surface area contributed by atoms with E-state index in [1.807, 2.05) is 24.3 Å². The number of benzene rings is 1. The molecular formula is C7H10OS2. The molecule has 0 aromatic heterocycles. The molecule has 0 saturated heterocycles. The highest BCUT2D eigenvalue weighted by atomic mass is 32.1. The first-order valence-corrected chi connectivity index (χ1v) is 3.61. The second-order valence-corrected chi connectivity index (χ2v) is 2.55. The van der Waals surface area contributed by atoms with E-state index in [-0.39, 0.29) is 0 Å². The lowest BCUT2D eigenvalue weighted by Gasteiger charge is -1.88. The molecule has 1 nitrogen and oxygen atoms in total. The van der Waals surface area contributed by atoms with E-state index < -0.39 is 0 Å².